The highest BCUT2D eigenvalue weighted by atomic mass is 32.1. The first-order valence-electron chi connectivity index (χ1n) is 7.87. The van der Waals surface area contributed by atoms with Crippen molar-refractivity contribution in [1.82, 2.24) is 4.98 Å². The molecule has 2 aromatic rings. The minimum absolute atomic E-state index is 0.0680. The second-order valence-corrected chi connectivity index (χ2v) is 8.13. The van der Waals surface area contributed by atoms with E-state index in [1.54, 1.807) is 12.1 Å². The summed E-state index contributed by atoms with van der Waals surface area (Å²) in [5.41, 5.74) is 2.34. The normalized spacial score (nSPS) is 15.8. The summed E-state index contributed by atoms with van der Waals surface area (Å²) in [6.45, 7) is 4.13. The summed E-state index contributed by atoms with van der Waals surface area (Å²) in [6, 6.07) is 7.36. The van der Waals surface area contributed by atoms with Crippen LogP contribution in [0.25, 0.3) is 0 Å². The van der Waals surface area contributed by atoms with Crippen molar-refractivity contribution < 1.29 is 9.59 Å². The zero-order chi connectivity index (χ0) is 17.5. The lowest BCUT2D eigenvalue weighted by molar-refractivity contribution is 0.0915. The Bertz CT molecular complexity index is 791. The fourth-order valence-electron chi connectivity index (χ4n) is 2.85. The Morgan fingerprint density at radius 1 is 1.21 bits per heavy atom. The summed E-state index contributed by atoms with van der Waals surface area (Å²) in [7, 11) is 3.90. The fourth-order valence-corrected chi connectivity index (χ4v) is 3.77. The van der Waals surface area contributed by atoms with E-state index in [2.05, 4.69) is 24.1 Å². The van der Waals surface area contributed by atoms with Crippen molar-refractivity contribution in [2.75, 3.05) is 24.3 Å². The van der Waals surface area contributed by atoms with Crippen molar-refractivity contribution in [1.29, 1.82) is 0 Å². The van der Waals surface area contributed by atoms with Gasteiger partial charge in [-0.15, -0.1) is 0 Å². The first kappa shape index (κ1) is 16.6. The van der Waals surface area contributed by atoms with E-state index in [1.165, 1.54) is 11.3 Å². The summed E-state index contributed by atoms with van der Waals surface area (Å²) >= 11 is 1.27. The predicted molar refractivity (Wildman–Crippen MR) is 97.3 cm³/mol. The number of nitrogens with one attached hydrogen (secondary N) is 1. The Hall–Kier alpha value is -2.21. The molecule has 24 heavy (non-hydrogen) atoms. The van der Waals surface area contributed by atoms with Crippen molar-refractivity contribution in [3.05, 3.63) is 40.4 Å². The van der Waals surface area contributed by atoms with Crippen LogP contribution in [-0.2, 0) is 6.42 Å². The largest absolute Gasteiger partial charge is 0.378 e. The van der Waals surface area contributed by atoms with Crippen LogP contribution in [0.15, 0.2) is 24.3 Å². The van der Waals surface area contributed by atoms with Crippen LogP contribution >= 0.6 is 11.3 Å². The van der Waals surface area contributed by atoms with Crippen LogP contribution < -0.4 is 10.2 Å². The Morgan fingerprint density at radius 2 is 1.88 bits per heavy atom. The molecule has 0 atom stereocenters. The Labute approximate surface area is 145 Å². The van der Waals surface area contributed by atoms with E-state index in [4.69, 9.17) is 0 Å². The molecular weight excluding hydrogens is 322 g/mol. The van der Waals surface area contributed by atoms with Gasteiger partial charge in [-0.25, -0.2) is 4.98 Å². The maximum Gasteiger partial charge on any atom is 0.257 e. The molecule has 1 aliphatic carbocycles. The Morgan fingerprint density at radius 3 is 2.50 bits per heavy atom. The lowest BCUT2D eigenvalue weighted by Gasteiger charge is -2.26. The van der Waals surface area contributed by atoms with E-state index in [0.717, 1.165) is 17.8 Å². The first-order chi connectivity index (χ1) is 11.2. The number of carbonyl (C=O) groups is 2. The molecule has 1 aliphatic rings. The van der Waals surface area contributed by atoms with E-state index in [9.17, 15) is 9.59 Å². The zero-order valence-corrected chi connectivity index (χ0v) is 15.2. The molecule has 1 amide bonds. The topological polar surface area (TPSA) is 62.3 Å². The van der Waals surface area contributed by atoms with E-state index >= 15 is 0 Å². The van der Waals surface area contributed by atoms with Crippen molar-refractivity contribution >= 4 is 33.8 Å². The number of fused-ring (bicyclic) bond motifs is 1. The van der Waals surface area contributed by atoms with Gasteiger partial charge in [0, 0.05) is 31.8 Å². The minimum Gasteiger partial charge on any atom is -0.378 e. The molecule has 0 radical (unpaired) electrons. The van der Waals surface area contributed by atoms with Crippen LogP contribution in [0.3, 0.4) is 0 Å². The third kappa shape index (κ3) is 3.33. The molecule has 0 saturated heterocycles. The molecule has 1 N–H and O–H groups in total. The van der Waals surface area contributed by atoms with E-state index in [-0.39, 0.29) is 17.1 Å². The second kappa shape index (κ2) is 6.02. The van der Waals surface area contributed by atoms with Gasteiger partial charge in [-0.2, -0.15) is 0 Å². The van der Waals surface area contributed by atoms with Crippen LogP contribution in [0.1, 0.15) is 46.0 Å². The third-order valence-corrected chi connectivity index (χ3v) is 5.16. The Balaban J connectivity index is 1.77. The number of ketones is 1. The molecule has 0 aliphatic heterocycles. The quantitative estimate of drug-likeness (QED) is 0.925. The molecule has 0 unspecified atom stereocenters. The molecule has 5 nitrogen and oxygen atoms in total. The smallest absolute Gasteiger partial charge is 0.257 e. The number of nitrogens with zero attached hydrogens (tertiary/aromatic N) is 2. The van der Waals surface area contributed by atoms with Gasteiger partial charge in [0.05, 0.1) is 10.6 Å². The molecule has 1 aromatic heterocycles. The molecule has 3 rings (SSSR count). The summed E-state index contributed by atoms with van der Waals surface area (Å²) in [6.07, 6.45) is 1.29. The van der Waals surface area contributed by atoms with Crippen molar-refractivity contribution in [3.8, 4) is 0 Å². The summed E-state index contributed by atoms with van der Waals surface area (Å²) in [5, 5.41) is 3.31. The Kier molecular flexibility index (Phi) is 4.17. The SMILES string of the molecule is CN(C)c1ccc(C(=O)Nc2nc3c(s2)C(=O)CC(C)(C)C3)cc1. The standard InChI is InChI=1S/C18H21N3O2S/c1-18(2)9-13-15(14(22)10-18)24-17(19-13)20-16(23)11-5-7-12(8-6-11)21(3)4/h5-8H,9-10H2,1-4H3,(H,19,20,23). The molecule has 126 valence electrons. The summed E-state index contributed by atoms with van der Waals surface area (Å²) in [4.78, 5) is 31.7. The van der Waals surface area contributed by atoms with Gasteiger partial charge >= 0.3 is 0 Å². The highest BCUT2D eigenvalue weighted by Crippen LogP contribution is 2.38. The number of benzene rings is 1. The first-order valence-corrected chi connectivity index (χ1v) is 8.68. The fraction of sp³-hybridized carbons (Fsp3) is 0.389. The summed E-state index contributed by atoms with van der Waals surface area (Å²) < 4.78 is 0. The van der Waals surface area contributed by atoms with Gasteiger partial charge in [0.25, 0.3) is 5.91 Å². The molecule has 0 bridgehead atoms. The van der Waals surface area contributed by atoms with Gasteiger partial charge in [0.1, 0.15) is 0 Å². The highest BCUT2D eigenvalue weighted by molar-refractivity contribution is 7.17. The average molecular weight is 343 g/mol. The number of rotatable bonds is 3. The van der Waals surface area contributed by atoms with Gasteiger partial charge < -0.3 is 4.90 Å². The third-order valence-electron chi connectivity index (χ3n) is 4.10. The number of hydrogen-bond acceptors (Lipinski definition) is 5. The maximum absolute atomic E-state index is 12.4. The molecule has 1 heterocycles. The number of Topliss-reactive ketones (excluding diaryl/α,β-unsaturated/α-hetero) is 1. The van der Waals surface area contributed by atoms with Crippen LogP contribution in [0.2, 0.25) is 0 Å². The van der Waals surface area contributed by atoms with Crippen molar-refractivity contribution in [2.45, 2.75) is 26.7 Å². The van der Waals surface area contributed by atoms with Crippen LogP contribution in [0, 0.1) is 5.41 Å². The molecule has 6 heteroatoms. The molecule has 0 saturated carbocycles. The highest BCUT2D eigenvalue weighted by Gasteiger charge is 2.34. The molecule has 0 fully saturated rings. The number of hydrogen-bond donors (Lipinski definition) is 1. The van der Waals surface area contributed by atoms with Gasteiger partial charge in [-0.05, 0) is 36.1 Å². The van der Waals surface area contributed by atoms with E-state index in [1.807, 2.05) is 31.1 Å². The maximum atomic E-state index is 12.4. The minimum atomic E-state index is -0.210. The monoisotopic (exact) mass is 343 g/mol. The van der Waals surface area contributed by atoms with Gasteiger partial charge in [0.15, 0.2) is 10.9 Å². The number of thiazole rings is 1. The molecule has 0 spiro atoms. The number of carbonyl (C=O) groups excluding carboxylic acids is 2. The lowest BCUT2D eigenvalue weighted by Crippen LogP contribution is -2.26. The van der Waals surface area contributed by atoms with Crippen molar-refractivity contribution in [3.63, 3.8) is 0 Å². The van der Waals surface area contributed by atoms with Crippen LogP contribution in [-0.4, -0.2) is 30.8 Å². The van der Waals surface area contributed by atoms with E-state index in [0.29, 0.717) is 22.0 Å². The molecule has 1 aromatic carbocycles. The summed E-state index contributed by atoms with van der Waals surface area (Å²) in [5.74, 6) is -0.0901. The lowest BCUT2D eigenvalue weighted by atomic mass is 9.78. The van der Waals surface area contributed by atoms with Gasteiger partial charge in [-0.1, -0.05) is 25.2 Å². The average Bonchev–Trinajstić information content (AvgIpc) is 2.88. The number of aromatic nitrogens is 1. The molecular formula is C18H21N3O2S. The zero-order valence-electron chi connectivity index (χ0n) is 14.3. The number of anilines is 2. The number of amides is 1. The second-order valence-electron chi connectivity index (χ2n) is 7.13. The predicted octanol–water partition coefficient (Wildman–Crippen LogP) is 3.62. The van der Waals surface area contributed by atoms with Gasteiger partial charge in [0.2, 0.25) is 0 Å². The van der Waals surface area contributed by atoms with Crippen molar-refractivity contribution in [2.24, 2.45) is 5.41 Å². The van der Waals surface area contributed by atoms with Crippen LogP contribution in [0.5, 0.6) is 0 Å². The van der Waals surface area contributed by atoms with E-state index < -0.39 is 0 Å². The van der Waals surface area contributed by atoms with Crippen LogP contribution in [0.4, 0.5) is 10.8 Å². The van der Waals surface area contributed by atoms with Gasteiger partial charge in [-0.3, -0.25) is 14.9 Å².